The standard InChI is InChI=1S/C17H16N2O4/c1-3-8-19-13-7-6-12(10-15(13)23-11(2)17(19)21)18-16(20)14-5-4-9-22-14/h3-7,9-11H,1,8H2,2H3,(H,18,20). The maximum absolute atomic E-state index is 12.2. The summed E-state index contributed by atoms with van der Waals surface area (Å²) in [5, 5.41) is 2.73. The van der Waals surface area contributed by atoms with Crippen LogP contribution in [-0.2, 0) is 4.79 Å². The fourth-order valence-corrected chi connectivity index (χ4v) is 2.41. The summed E-state index contributed by atoms with van der Waals surface area (Å²) < 4.78 is 10.7. The first-order valence-corrected chi connectivity index (χ1v) is 7.18. The lowest BCUT2D eigenvalue weighted by atomic mass is 10.1. The molecule has 6 nitrogen and oxygen atoms in total. The van der Waals surface area contributed by atoms with Crippen LogP contribution in [0.2, 0.25) is 0 Å². The summed E-state index contributed by atoms with van der Waals surface area (Å²) in [4.78, 5) is 25.8. The molecule has 0 fully saturated rings. The number of anilines is 2. The highest BCUT2D eigenvalue weighted by Crippen LogP contribution is 2.36. The molecule has 0 saturated carbocycles. The van der Waals surface area contributed by atoms with E-state index in [0.29, 0.717) is 23.7 Å². The molecule has 1 aromatic heterocycles. The SMILES string of the molecule is C=CCN1C(=O)C(C)Oc2cc(NC(=O)c3ccco3)ccc21. The Bertz CT molecular complexity index is 752. The molecule has 6 heteroatoms. The number of benzene rings is 1. The van der Waals surface area contributed by atoms with Crippen molar-refractivity contribution in [1.82, 2.24) is 0 Å². The van der Waals surface area contributed by atoms with Crippen LogP contribution in [0.1, 0.15) is 17.5 Å². The highest BCUT2D eigenvalue weighted by atomic mass is 16.5. The molecule has 2 heterocycles. The van der Waals surface area contributed by atoms with Gasteiger partial charge in [0.15, 0.2) is 11.9 Å². The highest BCUT2D eigenvalue weighted by molar-refractivity contribution is 6.03. The Morgan fingerprint density at radius 3 is 2.96 bits per heavy atom. The summed E-state index contributed by atoms with van der Waals surface area (Å²) in [6, 6.07) is 8.36. The van der Waals surface area contributed by atoms with E-state index in [-0.39, 0.29) is 17.6 Å². The molecule has 1 aromatic carbocycles. The number of furan rings is 1. The number of carbonyl (C=O) groups excluding carboxylic acids is 2. The van der Waals surface area contributed by atoms with E-state index >= 15 is 0 Å². The monoisotopic (exact) mass is 312 g/mol. The van der Waals surface area contributed by atoms with Gasteiger partial charge in [-0.15, -0.1) is 6.58 Å². The van der Waals surface area contributed by atoms with Gasteiger partial charge in [-0.25, -0.2) is 0 Å². The maximum atomic E-state index is 12.2. The van der Waals surface area contributed by atoms with Gasteiger partial charge in [0, 0.05) is 18.3 Å². The first-order chi connectivity index (χ1) is 11.1. The Labute approximate surface area is 133 Å². The molecule has 23 heavy (non-hydrogen) atoms. The number of hydrogen-bond donors (Lipinski definition) is 1. The van der Waals surface area contributed by atoms with Crippen molar-refractivity contribution in [3.05, 3.63) is 55.0 Å². The molecule has 1 N–H and O–H groups in total. The molecule has 0 radical (unpaired) electrons. The molecule has 0 aliphatic carbocycles. The average molecular weight is 312 g/mol. The van der Waals surface area contributed by atoms with Crippen LogP contribution in [0.3, 0.4) is 0 Å². The predicted molar refractivity (Wildman–Crippen MR) is 85.7 cm³/mol. The first-order valence-electron chi connectivity index (χ1n) is 7.18. The molecule has 0 saturated heterocycles. The van der Waals surface area contributed by atoms with Crippen LogP contribution < -0.4 is 15.0 Å². The lowest BCUT2D eigenvalue weighted by molar-refractivity contribution is -0.125. The molecule has 1 aliphatic heterocycles. The molecule has 1 unspecified atom stereocenters. The van der Waals surface area contributed by atoms with Crippen molar-refractivity contribution in [2.75, 3.05) is 16.8 Å². The summed E-state index contributed by atoms with van der Waals surface area (Å²) in [5.41, 5.74) is 1.22. The maximum Gasteiger partial charge on any atom is 0.291 e. The molecule has 0 bridgehead atoms. The summed E-state index contributed by atoms with van der Waals surface area (Å²) in [5.74, 6) is 0.291. The zero-order chi connectivity index (χ0) is 16.4. The second-order valence-corrected chi connectivity index (χ2v) is 5.11. The van der Waals surface area contributed by atoms with Gasteiger partial charge in [0.1, 0.15) is 5.75 Å². The van der Waals surface area contributed by atoms with Crippen molar-refractivity contribution in [3.8, 4) is 5.75 Å². The van der Waals surface area contributed by atoms with Gasteiger partial charge in [-0.2, -0.15) is 0 Å². The molecule has 2 amide bonds. The third kappa shape index (κ3) is 2.83. The van der Waals surface area contributed by atoms with Gasteiger partial charge in [0.05, 0.1) is 12.0 Å². The first kappa shape index (κ1) is 14.9. The van der Waals surface area contributed by atoms with E-state index in [4.69, 9.17) is 9.15 Å². The van der Waals surface area contributed by atoms with Gasteiger partial charge >= 0.3 is 0 Å². The number of carbonyl (C=O) groups is 2. The van der Waals surface area contributed by atoms with Crippen LogP contribution in [0.15, 0.2) is 53.7 Å². The van der Waals surface area contributed by atoms with E-state index in [2.05, 4.69) is 11.9 Å². The van der Waals surface area contributed by atoms with Gasteiger partial charge < -0.3 is 19.4 Å². The summed E-state index contributed by atoms with van der Waals surface area (Å²) in [7, 11) is 0. The minimum Gasteiger partial charge on any atom is -0.479 e. The zero-order valence-corrected chi connectivity index (χ0v) is 12.6. The summed E-state index contributed by atoms with van der Waals surface area (Å²) >= 11 is 0. The van der Waals surface area contributed by atoms with E-state index in [9.17, 15) is 9.59 Å². The highest BCUT2D eigenvalue weighted by Gasteiger charge is 2.30. The quantitative estimate of drug-likeness (QED) is 0.881. The second kappa shape index (κ2) is 6.00. The Morgan fingerprint density at radius 2 is 2.26 bits per heavy atom. The number of hydrogen-bond acceptors (Lipinski definition) is 4. The lowest BCUT2D eigenvalue weighted by Crippen LogP contribution is -2.44. The van der Waals surface area contributed by atoms with Crippen LogP contribution in [0.5, 0.6) is 5.75 Å². The number of nitrogens with one attached hydrogen (secondary N) is 1. The largest absolute Gasteiger partial charge is 0.479 e. The third-order valence-electron chi connectivity index (χ3n) is 3.48. The topological polar surface area (TPSA) is 71.8 Å². The Kier molecular flexibility index (Phi) is 3.89. The summed E-state index contributed by atoms with van der Waals surface area (Å²) in [6.45, 7) is 5.76. The van der Waals surface area contributed by atoms with Crippen molar-refractivity contribution < 1.29 is 18.7 Å². The molecule has 1 atom stereocenters. The number of amides is 2. The van der Waals surface area contributed by atoms with Crippen LogP contribution in [0.25, 0.3) is 0 Å². The Balaban J connectivity index is 1.87. The van der Waals surface area contributed by atoms with Gasteiger partial charge in [0.25, 0.3) is 11.8 Å². The Morgan fingerprint density at radius 1 is 1.43 bits per heavy atom. The van der Waals surface area contributed by atoms with Crippen molar-refractivity contribution in [2.45, 2.75) is 13.0 Å². The second-order valence-electron chi connectivity index (χ2n) is 5.11. The van der Waals surface area contributed by atoms with Gasteiger partial charge in [-0.1, -0.05) is 6.08 Å². The smallest absolute Gasteiger partial charge is 0.291 e. The molecular weight excluding hydrogens is 296 g/mol. The number of fused-ring (bicyclic) bond motifs is 1. The predicted octanol–water partition coefficient (Wildman–Crippen LogP) is 2.83. The average Bonchev–Trinajstić information content (AvgIpc) is 3.06. The molecule has 1 aliphatic rings. The van der Waals surface area contributed by atoms with E-state index in [1.54, 1.807) is 48.2 Å². The number of nitrogens with zero attached hydrogens (tertiary/aromatic N) is 1. The van der Waals surface area contributed by atoms with Crippen molar-refractivity contribution >= 4 is 23.2 Å². The fraction of sp³-hybridized carbons (Fsp3) is 0.176. The van der Waals surface area contributed by atoms with Crippen LogP contribution >= 0.6 is 0 Å². The van der Waals surface area contributed by atoms with Crippen LogP contribution in [0.4, 0.5) is 11.4 Å². The fourth-order valence-electron chi connectivity index (χ4n) is 2.41. The van der Waals surface area contributed by atoms with Crippen LogP contribution in [0, 0.1) is 0 Å². The minimum absolute atomic E-state index is 0.121. The third-order valence-corrected chi connectivity index (χ3v) is 3.48. The molecule has 2 aromatic rings. The molecule has 0 spiro atoms. The van der Waals surface area contributed by atoms with Crippen molar-refractivity contribution in [3.63, 3.8) is 0 Å². The summed E-state index contributed by atoms with van der Waals surface area (Å²) in [6.07, 6.45) is 2.51. The van der Waals surface area contributed by atoms with Crippen LogP contribution in [-0.4, -0.2) is 24.5 Å². The number of rotatable bonds is 4. The van der Waals surface area contributed by atoms with Crippen molar-refractivity contribution in [1.29, 1.82) is 0 Å². The van der Waals surface area contributed by atoms with Gasteiger partial charge in [-0.3, -0.25) is 9.59 Å². The minimum atomic E-state index is -0.585. The van der Waals surface area contributed by atoms with E-state index < -0.39 is 6.10 Å². The molecule has 118 valence electrons. The van der Waals surface area contributed by atoms with E-state index in [1.807, 2.05) is 0 Å². The van der Waals surface area contributed by atoms with Gasteiger partial charge in [-0.05, 0) is 31.2 Å². The van der Waals surface area contributed by atoms with E-state index in [0.717, 1.165) is 0 Å². The Hall–Kier alpha value is -3.02. The van der Waals surface area contributed by atoms with Gasteiger partial charge in [0.2, 0.25) is 0 Å². The lowest BCUT2D eigenvalue weighted by Gasteiger charge is -2.32. The van der Waals surface area contributed by atoms with Crippen molar-refractivity contribution in [2.24, 2.45) is 0 Å². The number of ether oxygens (including phenoxy) is 1. The van der Waals surface area contributed by atoms with E-state index in [1.165, 1.54) is 6.26 Å². The zero-order valence-electron chi connectivity index (χ0n) is 12.6. The molecule has 3 rings (SSSR count). The molecular formula is C17H16N2O4. The normalized spacial score (nSPS) is 16.5.